The number of alkyl halides is 3. The molecule has 35 heavy (non-hydrogen) atoms. The van der Waals surface area contributed by atoms with Crippen molar-refractivity contribution in [3.05, 3.63) is 95.5 Å². The fourth-order valence-electron chi connectivity index (χ4n) is 3.32. The van der Waals surface area contributed by atoms with Crippen LogP contribution in [-0.2, 0) is 19.3 Å². The number of hydrogen-bond donors (Lipinski definition) is 1. The smallest absolute Gasteiger partial charge is 0.416 e. The Morgan fingerprint density at radius 1 is 1.06 bits per heavy atom. The maximum Gasteiger partial charge on any atom is 0.416 e. The number of rotatable bonds is 10. The lowest BCUT2D eigenvalue weighted by Crippen LogP contribution is -2.03. The molecule has 1 N–H and O–H groups in total. The van der Waals surface area contributed by atoms with Gasteiger partial charge in [-0.25, -0.2) is 4.98 Å². The molecule has 1 atom stereocenters. The lowest BCUT2D eigenvalue weighted by molar-refractivity contribution is -0.137. The molecule has 182 valence electrons. The van der Waals surface area contributed by atoms with Gasteiger partial charge in [0, 0.05) is 18.8 Å². The minimum atomic E-state index is -4.36. The minimum Gasteiger partial charge on any atom is -0.487 e. The van der Waals surface area contributed by atoms with Crippen LogP contribution < -0.4 is 4.74 Å². The molecule has 0 amide bonds. The number of hydrogen-bond acceptors (Lipinski definition) is 6. The molecular weight excluding hydrogens is 461 g/mol. The summed E-state index contributed by atoms with van der Waals surface area (Å²) in [6, 6.07) is 12.0. The van der Waals surface area contributed by atoms with Crippen molar-refractivity contribution in [2.24, 2.45) is 0 Å². The summed E-state index contributed by atoms with van der Waals surface area (Å²) in [7, 11) is 0. The summed E-state index contributed by atoms with van der Waals surface area (Å²) in [5, 5.41) is 18.0. The Balaban J connectivity index is 1.24. The van der Waals surface area contributed by atoms with Crippen molar-refractivity contribution in [1.82, 2.24) is 20.0 Å². The maximum absolute atomic E-state index is 12.6. The number of aliphatic hydroxyl groups is 1. The molecule has 2 heterocycles. The monoisotopic (exact) mass is 484 g/mol. The molecule has 10 heteroatoms. The Kier molecular flexibility index (Phi) is 7.61. The van der Waals surface area contributed by atoms with E-state index in [0.29, 0.717) is 35.9 Å². The zero-order chi connectivity index (χ0) is 24.7. The summed E-state index contributed by atoms with van der Waals surface area (Å²) < 4.78 is 50.7. The van der Waals surface area contributed by atoms with Gasteiger partial charge in [-0.2, -0.15) is 13.2 Å². The number of benzene rings is 2. The second-order valence-electron chi connectivity index (χ2n) is 7.81. The van der Waals surface area contributed by atoms with E-state index in [-0.39, 0.29) is 6.61 Å². The molecule has 0 saturated heterocycles. The molecule has 0 aliphatic heterocycles. The summed E-state index contributed by atoms with van der Waals surface area (Å²) >= 11 is 0. The van der Waals surface area contributed by atoms with E-state index in [9.17, 15) is 18.3 Å². The van der Waals surface area contributed by atoms with Gasteiger partial charge in [0.2, 0.25) is 5.89 Å². The van der Waals surface area contributed by atoms with E-state index < -0.39 is 17.8 Å². The number of halogens is 3. The third kappa shape index (κ3) is 7.03. The zero-order valence-corrected chi connectivity index (χ0v) is 18.6. The Labute approximate surface area is 199 Å². The summed E-state index contributed by atoms with van der Waals surface area (Å²) in [5.41, 5.74) is 1.26. The largest absolute Gasteiger partial charge is 0.487 e. The third-order valence-corrected chi connectivity index (χ3v) is 5.21. The number of ether oxygens (including phenoxy) is 1. The molecule has 4 aromatic rings. The van der Waals surface area contributed by atoms with Crippen LogP contribution in [0.1, 0.15) is 47.2 Å². The highest BCUT2D eigenvalue weighted by Gasteiger charge is 2.29. The number of aryl methyl sites for hydroxylation is 1. The van der Waals surface area contributed by atoms with Crippen molar-refractivity contribution in [2.75, 3.05) is 0 Å². The Hall–Kier alpha value is -3.92. The van der Waals surface area contributed by atoms with Crippen LogP contribution in [-0.4, -0.2) is 25.1 Å². The second kappa shape index (κ2) is 11.0. The predicted molar refractivity (Wildman–Crippen MR) is 122 cm³/mol. The van der Waals surface area contributed by atoms with Gasteiger partial charge in [-0.05, 0) is 54.3 Å². The Morgan fingerprint density at radius 2 is 1.83 bits per heavy atom. The van der Waals surface area contributed by atoms with Crippen molar-refractivity contribution in [3.63, 3.8) is 0 Å². The predicted octanol–water partition coefficient (Wildman–Crippen LogP) is 5.55. The highest BCUT2D eigenvalue weighted by Crippen LogP contribution is 2.29. The van der Waals surface area contributed by atoms with Gasteiger partial charge in [0.15, 0.2) is 0 Å². The Morgan fingerprint density at radius 3 is 2.51 bits per heavy atom. The van der Waals surface area contributed by atoms with E-state index in [2.05, 4.69) is 15.3 Å². The van der Waals surface area contributed by atoms with Crippen LogP contribution >= 0.6 is 0 Å². The van der Waals surface area contributed by atoms with E-state index in [0.717, 1.165) is 24.1 Å². The van der Waals surface area contributed by atoms with Crippen LogP contribution in [0.15, 0.2) is 71.6 Å². The van der Waals surface area contributed by atoms with Crippen LogP contribution in [0.5, 0.6) is 5.75 Å². The molecule has 0 saturated carbocycles. The topological polar surface area (TPSA) is 86.2 Å². The molecule has 4 rings (SSSR count). The SMILES string of the molecule is OC(CCCn1ccnn1)c1ccc(OCc2coc(C=Cc3ccc(C(F)(F)F)cc3)n2)cc1. The van der Waals surface area contributed by atoms with Gasteiger partial charge in [0.1, 0.15) is 24.3 Å². The highest BCUT2D eigenvalue weighted by atomic mass is 19.4. The van der Waals surface area contributed by atoms with Gasteiger partial charge in [0.05, 0.1) is 17.9 Å². The lowest BCUT2D eigenvalue weighted by atomic mass is 10.0. The molecule has 7 nitrogen and oxygen atoms in total. The molecule has 2 aromatic carbocycles. The van der Waals surface area contributed by atoms with E-state index in [1.165, 1.54) is 18.4 Å². The van der Waals surface area contributed by atoms with Gasteiger partial charge in [-0.15, -0.1) is 5.10 Å². The minimum absolute atomic E-state index is 0.178. The van der Waals surface area contributed by atoms with Crippen molar-refractivity contribution < 1.29 is 27.4 Å². The average Bonchev–Trinajstić information content (AvgIpc) is 3.54. The van der Waals surface area contributed by atoms with Crippen molar-refractivity contribution in [2.45, 2.75) is 38.3 Å². The first kappa shape index (κ1) is 24.2. The molecule has 0 fully saturated rings. The molecule has 0 bridgehead atoms. The first-order chi connectivity index (χ1) is 16.9. The van der Waals surface area contributed by atoms with Gasteiger partial charge in [-0.1, -0.05) is 29.5 Å². The first-order valence-corrected chi connectivity index (χ1v) is 10.9. The van der Waals surface area contributed by atoms with Crippen molar-refractivity contribution in [1.29, 1.82) is 0 Å². The molecule has 0 aliphatic carbocycles. The maximum atomic E-state index is 12.6. The summed E-state index contributed by atoms with van der Waals surface area (Å²) in [6.45, 7) is 0.870. The van der Waals surface area contributed by atoms with E-state index in [4.69, 9.17) is 9.15 Å². The van der Waals surface area contributed by atoms with E-state index in [1.54, 1.807) is 41.4 Å². The fourth-order valence-corrected chi connectivity index (χ4v) is 3.32. The number of oxazole rings is 1. The molecule has 2 aromatic heterocycles. The van der Waals surface area contributed by atoms with Crippen LogP contribution in [0.2, 0.25) is 0 Å². The van der Waals surface area contributed by atoms with Crippen LogP contribution in [0.25, 0.3) is 12.2 Å². The molecule has 1 unspecified atom stereocenters. The summed E-state index contributed by atoms with van der Waals surface area (Å²) in [6.07, 6.45) is 4.48. The van der Waals surface area contributed by atoms with E-state index >= 15 is 0 Å². The quantitative estimate of drug-likeness (QED) is 0.318. The fraction of sp³-hybridized carbons (Fsp3) is 0.240. The number of aliphatic hydroxyl groups excluding tert-OH is 1. The molecule has 0 spiro atoms. The van der Waals surface area contributed by atoms with Gasteiger partial charge in [-0.3, -0.25) is 4.68 Å². The van der Waals surface area contributed by atoms with E-state index in [1.807, 2.05) is 12.1 Å². The van der Waals surface area contributed by atoms with Gasteiger partial charge >= 0.3 is 6.18 Å². The molecular formula is C25H23F3N4O3. The third-order valence-electron chi connectivity index (χ3n) is 5.21. The van der Waals surface area contributed by atoms with Crippen molar-refractivity contribution in [3.8, 4) is 5.75 Å². The highest BCUT2D eigenvalue weighted by molar-refractivity contribution is 5.66. The first-order valence-electron chi connectivity index (χ1n) is 10.9. The zero-order valence-electron chi connectivity index (χ0n) is 18.6. The second-order valence-corrected chi connectivity index (χ2v) is 7.81. The normalized spacial score (nSPS) is 12.8. The average molecular weight is 484 g/mol. The summed E-state index contributed by atoms with van der Waals surface area (Å²) in [5.74, 6) is 0.932. The van der Waals surface area contributed by atoms with Crippen LogP contribution in [0.4, 0.5) is 13.2 Å². The standard InChI is InChI=1S/C25H23F3N4O3/c26-25(27,28)20-8-3-18(4-9-20)5-12-24-30-21(17-35-24)16-34-22-10-6-19(7-11-22)23(33)2-1-14-32-15-13-29-31-32/h3-13,15,17,23,33H,1-2,14,16H2. The van der Waals surface area contributed by atoms with Gasteiger partial charge in [0.25, 0.3) is 0 Å². The number of aromatic nitrogens is 4. The number of nitrogens with zero attached hydrogens (tertiary/aromatic N) is 4. The molecule has 0 aliphatic rings. The molecule has 0 radical (unpaired) electrons. The van der Waals surface area contributed by atoms with Crippen molar-refractivity contribution >= 4 is 12.2 Å². The summed E-state index contributed by atoms with van der Waals surface area (Å²) in [4.78, 5) is 4.29. The van der Waals surface area contributed by atoms with Gasteiger partial charge < -0.3 is 14.3 Å². The Bertz CT molecular complexity index is 1220. The van der Waals surface area contributed by atoms with Crippen LogP contribution in [0, 0.1) is 0 Å². The lowest BCUT2D eigenvalue weighted by Gasteiger charge is -2.12. The van der Waals surface area contributed by atoms with Crippen LogP contribution in [0.3, 0.4) is 0 Å².